The lowest BCUT2D eigenvalue weighted by Gasteiger charge is -2.15. The fraction of sp³-hybridized carbons (Fsp3) is 0.143. The second-order valence-electron chi connectivity index (χ2n) is 5.80. The largest absolute Gasteiger partial charge is 0.455 e. The number of aryl methyl sites for hydroxylation is 1. The molecule has 0 aliphatic heterocycles. The van der Waals surface area contributed by atoms with Gasteiger partial charge in [0.2, 0.25) is 0 Å². The minimum absolute atomic E-state index is 0.00257. The Morgan fingerprint density at radius 3 is 2.59 bits per heavy atom. The third-order valence-electron chi connectivity index (χ3n) is 3.82. The molecule has 152 valence electrons. The predicted molar refractivity (Wildman–Crippen MR) is 107 cm³/mol. The summed E-state index contributed by atoms with van der Waals surface area (Å²) in [5, 5.41) is 5.24. The molecule has 0 saturated heterocycles. The fourth-order valence-electron chi connectivity index (χ4n) is 2.39. The van der Waals surface area contributed by atoms with E-state index in [-0.39, 0.29) is 27.8 Å². The molecule has 0 spiro atoms. The van der Waals surface area contributed by atoms with Gasteiger partial charge in [0.1, 0.15) is 29.4 Å². The normalized spacial score (nSPS) is 11.4. The first-order valence-electron chi connectivity index (χ1n) is 8.65. The molecule has 0 heterocycles. The van der Waals surface area contributed by atoms with Crippen LogP contribution in [-0.4, -0.2) is 19.2 Å². The van der Waals surface area contributed by atoms with Crippen LogP contribution in [0.15, 0.2) is 54.4 Å². The molecule has 0 saturated carbocycles. The minimum atomic E-state index is -0.700. The van der Waals surface area contributed by atoms with Gasteiger partial charge in [-0.15, -0.1) is 0 Å². The summed E-state index contributed by atoms with van der Waals surface area (Å²) >= 11 is 6.00. The molecule has 2 rings (SSSR count). The minimum Gasteiger partial charge on any atom is -0.455 e. The van der Waals surface area contributed by atoms with E-state index < -0.39 is 17.5 Å². The van der Waals surface area contributed by atoms with Crippen molar-refractivity contribution in [3.63, 3.8) is 0 Å². The van der Waals surface area contributed by atoms with Gasteiger partial charge in [-0.3, -0.25) is 9.59 Å². The molecule has 0 atom stereocenters. The maximum Gasteiger partial charge on any atom is 0.259 e. The maximum atomic E-state index is 14.3. The zero-order valence-corrected chi connectivity index (χ0v) is 16.5. The number of carbonyl (C=O) groups excluding carboxylic acids is 2. The highest BCUT2D eigenvalue weighted by atomic mass is 35.5. The summed E-state index contributed by atoms with van der Waals surface area (Å²) in [4.78, 5) is 23.5. The van der Waals surface area contributed by atoms with E-state index in [1.807, 2.05) is 0 Å². The summed E-state index contributed by atoms with van der Waals surface area (Å²) in [7, 11) is 1.65. The van der Waals surface area contributed by atoms with E-state index in [0.29, 0.717) is 18.3 Å². The summed E-state index contributed by atoms with van der Waals surface area (Å²) in [6, 6.07) is 5.95. The van der Waals surface area contributed by atoms with E-state index in [4.69, 9.17) is 16.3 Å². The first-order valence-corrected chi connectivity index (χ1v) is 9.03. The van der Waals surface area contributed by atoms with E-state index >= 15 is 0 Å². The van der Waals surface area contributed by atoms with Crippen molar-refractivity contribution < 1.29 is 23.1 Å². The number of halogens is 3. The summed E-state index contributed by atoms with van der Waals surface area (Å²) in [5.74, 6) is -1.68. The zero-order chi connectivity index (χ0) is 21.4. The Kier molecular flexibility index (Phi) is 7.91. The summed E-state index contributed by atoms with van der Waals surface area (Å²) in [6.07, 6.45) is 4.97. The van der Waals surface area contributed by atoms with E-state index in [9.17, 15) is 18.4 Å². The Bertz CT molecular complexity index is 975. The number of hydrogen-bond donors (Lipinski definition) is 2. The second-order valence-corrected chi connectivity index (χ2v) is 6.21. The van der Waals surface area contributed by atoms with Crippen LogP contribution in [0.1, 0.15) is 22.8 Å². The average Bonchev–Trinajstić information content (AvgIpc) is 2.69. The summed E-state index contributed by atoms with van der Waals surface area (Å²) < 4.78 is 33.3. The quantitative estimate of drug-likeness (QED) is 0.374. The Morgan fingerprint density at radius 1 is 1.21 bits per heavy atom. The van der Waals surface area contributed by atoms with E-state index in [1.165, 1.54) is 24.4 Å². The van der Waals surface area contributed by atoms with E-state index in [0.717, 1.165) is 24.3 Å². The Morgan fingerprint density at radius 2 is 1.97 bits per heavy atom. The topological polar surface area (TPSA) is 67.4 Å². The first-order chi connectivity index (χ1) is 13.9. The average molecular weight is 421 g/mol. The Hall–Kier alpha value is -3.19. The fourth-order valence-corrected chi connectivity index (χ4v) is 2.59. The number of benzene rings is 2. The molecule has 29 heavy (non-hydrogen) atoms. The monoisotopic (exact) mass is 420 g/mol. The van der Waals surface area contributed by atoms with Gasteiger partial charge < -0.3 is 15.4 Å². The molecule has 0 fully saturated rings. The van der Waals surface area contributed by atoms with Gasteiger partial charge in [-0.2, -0.15) is 0 Å². The molecule has 0 aromatic heterocycles. The molecule has 0 aliphatic rings. The van der Waals surface area contributed by atoms with E-state index in [2.05, 4.69) is 10.6 Å². The van der Waals surface area contributed by atoms with Gasteiger partial charge in [-0.1, -0.05) is 18.5 Å². The van der Waals surface area contributed by atoms with Crippen molar-refractivity contribution in [2.75, 3.05) is 7.05 Å². The van der Waals surface area contributed by atoms with Gasteiger partial charge in [0.25, 0.3) is 5.91 Å². The van der Waals surface area contributed by atoms with Crippen molar-refractivity contribution in [2.24, 2.45) is 0 Å². The maximum absolute atomic E-state index is 14.3. The number of allylic oxidation sites excluding steroid dienone is 2. The predicted octanol–water partition coefficient (Wildman–Crippen LogP) is 4.52. The molecule has 2 N–H and O–H groups in total. The van der Waals surface area contributed by atoms with Crippen molar-refractivity contribution in [2.45, 2.75) is 13.3 Å². The van der Waals surface area contributed by atoms with Crippen LogP contribution in [0, 0.1) is 11.6 Å². The first kappa shape index (κ1) is 22.1. The number of nitrogens with one attached hydrogen (secondary N) is 2. The molecule has 0 radical (unpaired) electrons. The van der Waals surface area contributed by atoms with Crippen LogP contribution in [0.4, 0.5) is 8.78 Å². The lowest BCUT2D eigenvalue weighted by atomic mass is 10.1. The van der Waals surface area contributed by atoms with Crippen LogP contribution in [0.3, 0.4) is 0 Å². The third-order valence-corrected chi connectivity index (χ3v) is 4.12. The Balaban J connectivity index is 2.45. The lowest BCUT2D eigenvalue weighted by Crippen LogP contribution is -2.23. The lowest BCUT2D eigenvalue weighted by molar-refractivity contribution is -0.104. The van der Waals surface area contributed by atoms with Crippen LogP contribution in [0.2, 0.25) is 5.02 Å². The standard InChI is InChI=1S/C21H19ClF2N2O3/c1-3-13-10-20(29-19-5-4-14(23)11-17(19)22)16(12-18(13)24)21(28)26-15(7-9-27)6-8-25-2/h4-12,25H,3H2,1-2H3,(H,26,28)/b8-6-,15-7+. The number of ether oxygens (including phenoxy) is 1. The number of amides is 1. The van der Waals surface area contributed by atoms with Crippen LogP contribution in [0.25, 0.3) is 0 Å². The van der Waals surface area contributed by atoms with Crippen LogP contribution < -0.4 is 15.4 Å². The van der Waals surface area contributed by atoms with Gasteiger partial charge in [0.15, 0.2) is 0 Å². The van der Waals surface area contributed by atoms with Crippen molar-refractivity contribution in [3.05, 3.63) is 82.2 Å². The van der Waals surface area contributed by atoms with Gasteiger partial charge >= 0.3 is 0 Å². The van der Waals surface area contributed by atoms with Gasteiger partial charge in [-0.05, 0) is 54.6 Å². The van der Waals surface area contributed by atoms with Crippen molar-refractivity contribution in [3.8, 4) is 11.5 Å². The van der Waals surface area contributed by atoms with Gasteiger partial charge in [0.05, 0.1) is 10.6 Å². The van der Waals surface area contributed by atoms with Crippen molar-refractivity contribution in [1.82, 2.24) is 10.6 Å². The number of rotatable bonds is 8. The summed E-state index contributed by atoms with van der Waals surface area (Å²) in [6.45, 7) is 1.75. The number of aldehydes is 1. The molecule has 2 aromatic carbocycles. The molecule has 2 aromatic rings. The third kappa shape index (κ3) is 5.89. The zero-order valence-electron chi connectivity index (χ0n) is 15.8. The highest BCUT2D eigenvalue weighted by molar-refractivity contribution is 6.32. The molecular formula is C21H19ClF2N2O3. The van der Waals surface area contributed by atoms with Crippen molar-refractivity contribution >= 4 is 23.8 Å². The molecule has 0 bridgehead atoms. The highest BCUT2D eigenvalue weighted by Gasteiger charge is 2.19. The number of carbonyl (C=O) groups is 2. The molecule has 0 unspecified atom stereocenters. The molecule has 0 aliphatic carbocycles. The van der Waals surface area contributed by atoms with E-state index in [1.54, 1.807) is 14.0 Å². The van der Waals surface area contributed by atoms with Crippen LogP contribution >= 0.6 is 11.6 Å². The molecule has 8 heteroatoms. The molecular weight excluding hydrogens is 402 g/mol. The smallest absolute Gasteiger partial charge is 0.259 e. The molecule has 5 nitrogen and oxygen atoms in total. The van der Waals surface area contributed by atoms with Crippen LogP contribution in [0.5, 0.6) is 11.5 Å². The summed E-state index contributed by atoms with van der Waals surface area (Å²) in [5.41, 5.74) is 0.397. The van der Waals surface area contributed by atoms with Crippen molar-refractivity contribution in [1.29, 1.82) is 0 Å². The van der Waals surface area contributed by atoms with Gasteiger partial charge in [0, 0.05) is 18.8 Å². The Labute approximate surface area is 172 Å². The molecule has 1 amide bonds. The second kappa shape index (κ2) is 10.4. The highest BCUT2D eigenvalue weighted by Crippen LogP contribution is 2.33. The van der Waals surface area contributed by atoms with Gasteiger partial charge in [-0.25, -0.2) is 8.78 Å². The number of hydrogen-bond acceptors (Lipinski definition) is 4. The van der Waals surface area contributed by atoms with Crippen LogP contribution in [-0.2, 0) is 11.2 Å². The SMILES string of the molecule is CCc1cc(Oc2ccc(F)cc2Cl)c(C(=O)NC(/C=C\NC)=C/C=O)cc1F.